The zero-order valence-corrected chi connectivity index (χ0v) is 49.9. The van der Waals surface area contributed by atoms with Gasteiger partial charge >= 0.3 is 17.9 Å². The Morgan fingerprint density at radius 1 is 0.269 bits per heavy atom. The summed E-state index contributed by atoms with van der Waals surface area (Å²) in [5.74, 6) is -1.01. The van der Waals surface area contributed by atoms with Crippen LogP contribution >= 0.6 is 0 Å². The topological polar surface area (TPSA) is 78.9 Å². The van der Waals surface area contributed by atoms with E-state index in [1.54, 1.807) is 0 Å². The van der Waals surface area contributed by atoms with Crippen LogP contribution in [0.5, 0.6) is 0 Å². The second-order valence-electron chi connectivity index (χ2n) is 19.8. The highest BCUT2D eigenvalue weighted by molar-refractivity contribution is 5.71. The van der Waals surface area contributed by atoms with Crippen LogP contribution in [0.3, 0.4) is 0 Å². The van der Waals surface area contributed by atoms with Gasteiger partial charge in [-0.25, -0.2) is 0 Å². The number of carbonyl (C=O) groups excluding carboxylic acids is 3. The van der Waals surface area contributed by atoms with Crippen molar-refractivity contribution in [1.82, 2.24) is 0 Å². The summed E-state index contributed by atoms with van der Waals surface area (Å²) in [6, 6.07) is 0. The molecule has 6 nitrogen and oxygen atoms in total. The summed E-state index contributed by atoms with van der Waals surface area (Å²) >= 11 is 0. The maximum Gasteiger partial charge on any atom is 0.306 e. The Hall–Kier alpha value is -5.23. The van der Waals surface area contributed by atoms with Crippen LogP contribution < -0.4 is 0 Å². The molecule has 0 saturated carbocycles. The van der Waals surface area contributed by atoms with E-state index in [1.165, 1.54) is 44.9 Å². The summed E-state index contributed by atoms with van der Waals surface area (Å²) in [5.41, 5.74) is 0. The van der Waals surface area contributed by atoms with E-state index in [2.05, 4.69) is 191 Å². The van der Waals surface area contributed by atoms with Crippen molar-refractivity contribution in [2.24, 2.45) is 0 Å². The summed E-state index contributed by atoms with van der Waals surface area (Å²) in [7, 11) is 0. The molecule has 0 aromatic rings. The molecule has 78 heavy (non-hydrogen) atoms. The van der Waals surface area contributed by atoms with E-state index in [-0.39, 0.29) is 37.5 Å². The molecule has 436 valence electrons. The molecule has 1 atom stereocenters. The molecule has 0 saturated heterocycles. The highest BCUT2D eigenvalue weighted by Crippen LogP contribution is 2.13. The Morgan fingerprint density at radius 2 is 0.513 bits per heavy atom. The summed E-state index contributed by atoms with van der Waals surface area (Å²) in [6.07, 6.45) is 95.0. The van der Waals surface area contributed by atoms with Gasteiger partial charge in [0.1, 0.15) is 13.2 Å². The number of esters is 3. The third-order valence-electron chi connectivity index (χ3n) is 12.4. The molecule has 1 unspecified atom stereocenters. The zero-order valence-electron chi connectivity index (χ0n) is 49.9. The third-order valence-corrected chi connectivity index (χ3v) is 12.4. The minimum Gasteiger partial charge on any atom is -0.462 e. The smallest absolute Gasteiger partial charge is 0.306 e. The van der Waals surface area contributed by atoms with Crippen LogP contribution in [0.2, 0.25) is 0 Å². The van der Waals surface area contributed by atoms with Crippen molar-refractivity contribution < 1.29 is 28.6 Å². The first kappa shape index (κ1) is 72.8. The van der Waals surface area contributed by atoms with E-state index < -0.39 is 6.10 Å². The van der Waals surface area contributed by atoms with Gasteiger partial charge in [-0.2, -0.15) is 0 Å². The first-order valence-electron chi connectivity index (χ1n) is 31.1. The van der Waals surface area contributed by atoms with Crippen molar-refractivity contribution in [3.05, 3.63) is 170 Å². The number of carbonyl (C=O) groups is 3. The predicted molar refractivity (Wildman–Crippen MR) is 338 cm³/mol. The van der Waals surface area contributed by atoms with Crippen LogP contribution in [0.1, 0.15) is 245 Å². The molecule has 0 aromatic carbocycles. The normalized spacial score (nSPS) is 13.3. The molecule has 6 heteroatoms. The fourth-order valence-corrected chi connectivity index (χ4v) is 7.84. The van der Waals surface area contributed by atoms with Gasteiger partial charge in [-0.05, 0) is 148 Å². The molecule has 0 aliphatic heterocycles. The van der Waals surface area contributed by atoms with E-state index in [9.17, 15) is 14.4 Å². The molecule has 0 aliphatic carbocycles. The molecule has 0 amide bonds. The van der Waals surface area contributed by atoms with Crippen LogP contribution in [0.15, 0.2) is 170 Å². The number of allylic oxidation sites excluding steroid dienone is 28. The molecular formula is C72H112O6. The monoisotopic (exact) mass is 1070 g/mol. The lowest BCUT2D eigenvalue weighted by Gasteiger charge is -2.18. The van der Waals surface area contributed by atoms with Gasteiger partial charge in [0.25, 0.3) is 0 Å². The quantitative estimate of drug-likeness (QED) is 0.0261. The number of hydrogen-bond acceptors (Lipinski definition) is 6. The van der Waals surface area contributed by atoms with Crippen molar-refractivity contribution in [1.29, 1.82) is 0 Å². The first-order valence-corrected chi connectivity index (χ1v) is 31.1. The standard InChI is InChI=1S/C72H112O6/c1-4-7-10-13-16-19-22-25-27-29-30-31-32-33-34-35-36-37-38-39-40-41-42-44-45-47-50-53-56-59-62-65-71(74)77-68-69(67-76-70(73)64-61-58-55-52-49-24-21-18-15-12-9-6-3)78-72(75)66-63-60-57-54-51-48-46-43-28-26-23-20-17-14-11-8-5-2/h7-8,10-11,16-21,25-28,30-31,33-34,36-37,39-40,42,44,46,48,54,57,69H,4-6,9,12-15,22-24,29,32,35,38,41,43,45,47,49-53,55-56,58-68H2,1-3H3/b10-7-,11-8-,19-16-,20-17-,21-18-,27-25-,28-26-,31-30-,34-33-,37-36-,40-39-,44-42-,48-46-,57-54-. The number of hydrogen-bond donors (Lipinski definition) is 0. The van der Waals surface area contributed by atoms with Gasteiger partial charge < -0.3 is 14.2 Å². The Morgan fingerprint density at radius 3 is 0.833 bits per heavy atom. The van der Waals surface area contributed by atoms with Crippen LogP contribution in [0.4, 0.5) is 0 Å². The van der Waals surface area contributed by atoms with Gasteiger partial charge in [0, 0.05) is 19.3 Å². The molecule has 0 fully saturated rings. The average Bonchev–Trinajstić information content (AvgIpc) is 3.44. The average molecular weight is 1070 g/mol. The minimum absolute atomic E-state index is 0.117. The summed E-state index contributed by atoms with van der Waals surface area (Å²) in [6.45, 7) is 6.30. The summed E-state index contributed by atoms with van der Waals surface area (Å²) < 4.78 is 16.8. The third kappa shape index (κ3) is 61.6. The van der Waals surface area contributed by atoms with Gasteiger partial charge in [0.15, 0.2) is 6.10 Å². The van der Waals surface area contributed by atoms with Crippen molar-refractivity contribution in [2.45, 2.75) is 252 Å². The van der Waals surface area contributed by atoms with Crippen molar-refractivity contribution >= 4 is 17.9 Å². The number of ether oxygens (including phenoxy) is 3. The van der Waals surface area contributed by atoms with Crippen LogP contribution in [-0.4, -0.2) is 37.2 Å². The molecule has 0 rings (SSSR count). The zero-order chi connectivity index (χ0) is 56.4. The second-order valence-corrected chi connectivity index (χ2v) is 19.8. The largest absolute Gasteiger partial charge is 0.462 e. The van der Waals surface area contributed by atoms with E-state index in [0.29, 0.717) is 19.3 Å². The van der Waals surface area contributed by atoms with Gasteiger partial charge in [0.05, 0.1) is 0 Å². The van der Waals surface area contributed by atoms with Crippen LogP contribution in [-0.2, 0) is 28.6 Å². The Bertz CT molecular complexity index is 1810. The second kappa shape index (κ2) is 64.3. The molecule has 0 heterocycles. The van der Waals surface area contributed by atoms with Gasteiger partial charge in [-0.1, -0.05) is 249 Å². The van der Waals surface area contributed by atoms with Crippen molar-refractivity contribution in [3.8, 4) is 0 Å². The molecule has 0 aromatic heterocycles. The van der Waals surface area contributed by atoms with E-state index in [4.69, 9.17) is 14.2 Å². The Labute approximate surface area is 479 Å². The summed E-state index contributed by atoms with van der Waals surface area (Å²) in [5, 5.41) is 0. The molecular weight excluding hydrogens is 961 g/mol. The summed E-state index contributed by atoms with van der Waals surface area (Å²) in [4.78, 5) is 38.2. The lowest BCUT2D eigenvalue weighted by atomic mass is 10.1. The van der Waals surface area contributed by atoms with Crippen molar-refractivity contribution in [2.75, 3.05) is 13.2 Å². The van der Waals surface area contributed by atoms with Crippen LogP contribution in [0, 0.1) is 0 Å². The molecule has 0 N–H and O–H groups in total. The molecule has 0 bridgehead atoms. The molecule has 0 aliphatic rings. The Balaban J connectivity index is 4.41. The van der Waals surface area contributed by atoms with E-state index >= 15 is 0 Å². The van der Waals surface area contributed by atoms with Crippen molar-refractivity contribution in [3.63, 3.8) is 0 Å². The highest BCUT2D eigenvalue weighted by atomic mass is 16.6. The van der Waals surface area contributed by atoms with E-state index in [0.717, 1.165) is 154 Å². The highest BCUT2D eigenvalue weighted by Gasteiger charge is 2.19. The van der Waals surface area contributed by atoms with Gasteiger partial charge in [-0.15, -0.1) is 0 Å². The maximum absolute atomic E-state index is 12.8. The predicted octanol–water partition coefficient (Wildman–Crippen LogP) is 21.5. The maximum atomic E-state index is 12.8. The van der Waals surface area contributed by atoms with Crippen LogP contribution in [0.25, 0.3) is 0 Å². The SMILES string of the molecule is CC/C=C\C/C=C\C/C=C\C/C=C\C/C=C\C/C=C\C/C=C\C/C=C\CCCCCCCCC(=O)OCC(COC(=O)CCCCCCC/C=C\CCCCC)OC(=O)CCC/C=C\C/C=C\C/C=C\C/C=C\C/C=C\CC. The number of rotatable bonds is 54. The van der Waals surface area contributed by atoms with Gasteiger partial charge in [0.2, 0.25) is 0 Å². The molecule has 0 radical (unpaired) electrons. The fraction of sp³-hybridized carbons (Fsp3) is 0.569. The molecule has 0 spiro atoms. The van der Waals surface area contributed by atoms with E-state index in [1.807, 2.05) is 0 Å². The number of unbranched alkanes of at least 4 members (excludes halogenated alkanes) is 15. The van der Waals surface area contributed by atoms with Gasteiger partial charge in [-0.3, -0.25) is 14.4 Å². The fourth-order valence-electron chi connectivity index (χ4n) is 7.84. The lowest BCUT2D eigenvalue weighted by molar-refractivity contribution is -0.167. The first-order chi connectivity index (χ1) is 38.5. The Kier molecular flexibility index (Phi) is 60.0. The minimum atomic E-state index is -0.826. The lowest BCUT2D eigenvalue weighted by Crippen LogP contribution is -2.30.